The topological polar surface area (TPSA) is 86.2 Å². The summed E-state index contributed by atoms with van der Waals surface area (Å²) in [6.45, 7) is -0.0518. The van der Waals surface area contributed by atoms with Crippen molar-refractivity contribution in [2.45, 2.75) is 51.2 Å². The van der Waals surface area contributed by atoms with Gasteiger partial charge in [0.1, 0.15) is 17.0 Å². The smallest absolute Gasteiger partial charge is 0.332 e. The average molecular weight is 387 g/mol. The number of amides is 1. The van der Waals surface area contributed by atoms with E-state index in [9.17, 15) is 14.4 Å². The molecule has 1 saturated carbocycles. The fraction of sp³-hybridized carbons (Fsp3) is 0.421. The Labute approximate surface area is 159 Å². The van der Waals surface area contributed by atoms with Crippen molar-refractivity contribution in [3.63, 3.8) is 0 Å². The van der Waals surface area contributed by atoms with Gasteiger partial charge in [-0.25, -0.2) is 4.79 Å². The van der Waals surface area contributed by atoms with Gasteiger partial charge in [0, 0.05) is 6.04 Å². The lowest BCUT2D eigenvalue weighted by molar-refractivity contribution is -0.122. The summed E-state index contributed by atoms with van der Waals surface area (Å²) in [6, 6.07) is 5.31. The molecule has 0 spiro atoms. The van der Waals surface area contributed by atoms with Gasteiger partial charge in [0.25, 0.3) is 5.56 Å². The molecule has 0 aromatic carbocycles. The third-order valence-corrected chi connectivity index (χ3v) is 5.89. The van der Waals surface area contributed by atoms with Crippen molar-refractivity contribution in [2.24, 2.45) is 0 Å². The van der Waals surface area contributed by atoms with Crippen molar-refractivity contribution in [2.75, 3.05) is 0 Å². The molecule has 7 nitrogen and oxygen atoms in total. The van der Waals surface area contributed by atoms with Gasteiger partial charge >= 0.3 is 5.69 Å². The summed E-state index contributed by atoms with van der Waals surface area (Å²) in [5.41, 5.74) is -0.351. The maximum atomic E-state index is 13.0. The molecule has 1 aliphatic rings. The van der Waals surface area contributed by atoms with Crippen LogP contribution in [0, 0.1) is 0 Å². The fourth-order valence-corrected chi connectivity index (χ4v) is 4.49. The first-order chi connectivity index (χ1) is 13.1. The summed E-state index contributed by atoms with van der Waals surface area (Å²) in [7, 11) is 0. The lowest BCUT2D eigenvalue weighted by Crippen LogP contribution is -2.44. The van der Waals surface area contributed by atoms with Crippen molar-refractivity contribution >= 4 is 27.5 Å². The van der Waals surface area contributed by atoms with Gasteiger partial charge in [-0.3, -0.25) is 18.7 Å². The highest BCUT2D eigenvalue weighted by Gasteiger charge is 2.20. The Kier molecular flexibility index (Phi) is 4.98. The molecule has 0 radical (unpaired) electrons. The highest BCUT2D eigenvalue weighted by atomic mass is 32.1. The minimum atomic E-state index is -0.499. The normalized spacial score (nSPS) is 15.3. The lowest BCUT2D eigenvalue weighted by Gasteiger charge is -2.23. The molecule has 1 amide bonds. The van der Waals surface area contributed by atoms with E-state index in [2.05, 4.69) is 5.32 Å². The summed E-state index contributed by atoms with van der Waals surface area (Å²) in [6.07, 6.45) is 6.90. The monoisotopic (exact) mass is 387 g/mol. The number of carbonyl (C=O) groups excluding carboxylic acids is 1. The molecule has 1 N–H and O–H groups in total. The highest BCUT2D eigenvalue weighted by molar-refractivity contribution is 7.17. The molecule has 0 atom stereocenters. The Bertz CT molecular complexity index is 1050. The number of fused-ring (bicyclic) bond motifs is 1. The third kappa shape index (κ3) is 3.62. The number of furan rings is 1. The number of nitrogens with zero attached hydrogens (tertiary/aromatic N) is 2. The van der Waals surface area contributed by atoms with Crippen molar-refractivity contribution in [3.05, 3.63) is 56.4 Å². The number of hydrogen-bond donors (Lipinski definition) is 1. The summed E-state index contributed by atoms with van der Waals surface area (Å²) in [5, 5.41) is 4.79. The van der Waals surface area contributed by atoms with E-state index in [1.54, 1.807) is 23.6 Å². The molecule has 4 rings (SSSR count). The van der Waals surface area contributed by atoms with Crippen molar-refractivity contribution in [3.8, 4) is 0 Å². The summed E-state index contributed by atoms with van der Waals surface area (Å²) in [5.74, 6) is 0.322. The number of aromatic nitrogens is 2. The largest absolute Gasteiger partial charge is 0.467 e. The predicted octanol–water partition coefficient (Wildman–Crippen LogP) is 2.31. The molecular weight excluding hydrogens is 366 g/mol. The van der Waals surface area contributed by atoms with E-state index in [1.165, 1.54) is 28.6 Å². The highest BCUT2D eigenvalue weighted by Crippen LogP contribution is 2.18. The van der Waals surface area contributed by atoms with E-state index in [0.717, 1.165) is 30.3 Å². The van der Waals surface area contributed by atoms with E-state index in [4.69, 9.17) is 4.42 Å². The molecule has 3 aromatic heterocycles. The van der Waals surface area contributed by atoms with Gasteiger partial charge in [-0.15, -0.1) is 11.3 Å². The Hall–Kier alpha value is -2.61. The van der Waals surface area contributed by atoms with Crippen molar-refractivity contribution < 1.29 is 9.21 Å². The van der Waals surface area contributed by atoms with Gasteiger partial charge in [0.05, 0.1) is 18.3 Å². The van der Waals surface area contributed by atoms with E-state index >= 15 is 0 Å². The van der Waals surface area contributed by atoms with Gasteiger partial charge in [-0.05, 0) is 36.4 Å². The molecule has 0 unspecified atom stereocenters. The first-order valence-corrected chi connectivity index (χ1v) is 10.0. The zero-order valence-electron chi connectivity index (χ0n) is 14.8. The minimum absolute atomic E-state index is 0.0444. The molecule has 3 aromatic rings. The van der Waals surface area contributed by atoms with Gasteiger partial charge in [0.2, 0.25) is 5.91 Å². The standard InChI is InChI=1S/C19H21N3O4S/c23-16(20-13-5-2-1-3-6-13)12-21-15-8-10-27-17(15)18(24)22(19(21)25)11-14-7-4-9-26-14/h4,7-10,13H,1-3,5-6,11-12H2,(H,20,23). The molecule has 0 saturated heterocycles. The SMILES string of the molecule is O=C(Cn1c(=O)n(Cc2ccco2)c(=O)c2sccc21)NC1CCCCC1. The molecule has 1 fully saturated rings. The van der Waals surface area contributed by atoms with Crippen LogP contribution >= 0.6 is 11.3 Å². The predicted molar refractivity (Wildman–Crippen MR) is 103 cm³/mol. The molecule has 0 aliphatic heterocycles. The van der Waals surface area contributed by atoms with E-state index in [1.807, 2.05) is 0 Å². The zero-order chi connectivity index (χ0) is 18.8. The maximum absolute atomic E-state index is 13.0. The van der Waals surface area contributed by atoms with Crippen LogP contribution in [-0.4, -0.2) is 21.1 Å². The van der Waals surface area contributed by atoms with Crippen LogP contribution in [0.4, 0.5) is 0 Å². The molecule has 142 valence electrons. The Morgan fingerprint density at radius 1 is 1.19 bits per heavy atom. The summed E-state index contributed by atoms with van der Waals surface area (Å²) >= 11 is 1.27. The van der Waals surface area contributed by atoms with Crippen LogP contribution in [0.25, 0.3) is 10.2 Å². The van der Waals surface area contributed by atoms with Crippen molar-refractivity contribution in [1.29, 1.82) is 0 Å². The second-order valence-electron chi connectivity index (χ2n) is 6.88. The van der Waals surface area contributed by atoms with Crippen LogP contribution < -0.4 is 16.6 Å². The Morgan fingerprint density at radius 3 is 2.74 bits per heavy atom. The van der Waals surface area contributed by atoms with E-state index in [0.29, 0.717) is 16.0 Å². The minimum Gasteiger partial charge on any atom is -0.467 e. The summed E-state index contributed by atoms with van der Waals surface area (Å²) in [4.78, 5) is 38.2. The van der Waals surface area contributed by atoms with Crippen molar-refractivity contribution in [1.82, 2.24) is 14.5 Å². The summed E-state index contributed by atoms with van der Waals surface area (Å²) < 4.78 is 8.26. The molecule has 0 bridgehead atoms. The number of nitrogens with one attached hydrogen (secondary N) is 1. The third-order valence-electron chi connectivity index (χ3n) is 5.00. The van der Waals surface area contributed by atoms with E-state index in [-0.39, 0.29) is 30.6 Å². The van der Waals surface area contributed by atoms with Crippen LogP contribution in [0.15, 0.2) is 43.8 Å². The molecular formula is C19H21N3O4S. The van der Waals surface area contributed by atoms with Crippen LogP contribution in [-0.2, 0) is 17.9 Å². The number of hydrogen-bond acceptors (Lipinski definition) is 5. The lowest BCUT2D eigenvalue weighted by atomic mass is 9.95. The zero-order valence-corrected chi connectivity index (χ0v) is 15.7. The van der Waals surface area contributed by atoms with E-state index < -0.39 is 5.69 Å². The van der Waals surface area contributed by atoms with Crippen LogP contribution in [0.3, 0.4) is 0 Å². The molecule has 3 heterocycles. The van der Waals surface area contributed by atoms with Crippen LogP contribution in [0.2, 0.25) is 0 Å². The number of rotatable bonds is 5. The molecule has 8 heteroatoms. The second kappa shape index (κ2) is 7.56. The fourth-order valence-electron chi connectivity index (χ4n) is 3.65. The van der Waals surface area contributed by atoms with Gasteiger partial charge < -0.3 is 9.73 Å². The first kappa shape index (κ1) is 17.8. The maximum Gasteiger partial charge on any atom is 0.332 e. The number of carbonyl (C=O) groups is 1. The van der Waals surface area contributed by atoms with Gasteiger partial charge in [0.15, 0.2) is 0 Å². The Morgan fingerprint density at radius 2 is 2.00 bits per heavy atom. The second-order valence-corrected chi connectivity index (χ2v) is 7.79. The molecule has 27 heavy (non-hydrogen) atoms. The quantitative estimate of drug-likeness (QED) is 0.728. The van der Waals surface area contributed by atoms with Crippen LogP contribution in [0.5, 0.6) is 0 Å². The van der Waals surface area contributed by atoms with Gasteiger partial charge in [-0.1, -0.05) is 19.3 Å². The average Bonchev–Trinajstić information content (AvgIpc) is 3.35. The van der Waals surface area contributed by atoms with Crippen LogP contribution in [0.1, 0.15) is 37.9 Å². The first-order valence-electron chi connectivity index (χ1n) is 9.16. The Balaban J connectivity index is 1.67. The number of thiophene rings is 1. The molecule has 1 aliphatic carbocycles. The van der Waals surface area contributed by atoms with Gasteiger partial charge in [-0.2, -0.15) is 0 Å².